The quantitative estimate of drug-likeness (QED) is 0.672. The summed E-state index contributed by atoms with van der Waals surface area (Å²) in [4.78, 5) is 13.0. The third kappa shape index (κ3) is 7.30. The van der Waals surface area contributed by atoms with Gasteiger partial charge in [0.2, 0.25) is 5.91 Å². The fraction of sp³-hybridized carbons (Fsp3) is 0.643. The fourth-order valence-electron chi connectivity index (χ4n) is 1.70. The van der Waals surface area contributed by atoms with Gasteiger partial charge in [-0.05, 0) is 38.1 Å². The van der Waals surface area contributed by atoms with Crippen molar-refractivity contribution in [2.24, 2.45) is 0 Å². The Hall–Kier alpha value is -0.910. The minimum absolute atomic E-state index is 0.0564. The predicted octanol–water partition coefficient (Wildman–Crippen LogP) is 2.59. The second-order valence-corrected chi connectivity index (χ2v) is 5.11. The number of aryl methyl sites for hydroxylation is 1. The molecule has 0 atom stereocenters. The lowest BCUT2D eigenvalue weighted by Crippen LogP contribution is -2.35. The standard InChI is InChI=1S/C14H23NO3S/c1-3-17-14(18-4-2)11-15-13(16)9-5-7-12-8-6-10-19-12/h6,8,10,14H,3-5,7,9,11H2,1-2H3,(H,15,16). The molecule has 4 nitrogen and oxygen atoms in total. The van der Waals surface area contributed by atoms with E-state index in [1.165, 1.54) is 4.88 Å². The lowest BCUT2D eigenvalue weighted by atomic mass is 10.2. The number of carbonyl (C=O) groups is 1. The molecule has 0 saturated carbocycles. The van der Waals surface area contributed by atoms with Crippen LogP contribution in [-0.4, -0.2) is 32.0 Å². The van der Waals surface area contributed by atoms with Crippen molar-refractivity contribution >= 4 is 17.2 Å². The number of ether oxygens (including phenoxy) is 2. The van der Waals surface area contributed by atoms with E-state index in [1.54, 1.807) is 11.3 Å². The molecule has 0 aromatic carbocycles. The van der Waals surface area contributed by atoms with Crippen molar-refractivity contribution in [3.05, 3.63) is 22.4 Å². The third-order valence-corrected chi connectivity index (χ3v) is 3.51. The summed E-state index contributed by atoms with van der Waals surface area (Å²) in [6.07, 6.45) is 2.05. The number of nitrogens with one attached hydrogen (secondary N) is 1. The molecule has 1 aromatic heterocycles. The summed E-state index contributed by atoms with van der Waals surface area (Å²) in [5.41, 5.74) is 0. The Balaban J connectivity index is 2.12. The van der Waals surface area contributed by atoms with Crippen LogP contribution in [0.15, 0.2) is 17.5 Å². The third-order valence-electron chi connectivity index (χ3n) is 2.58. The van der Waals surface area contributed by atoms with Gasteiger partial charge in [0.25, 0.3) is 0 Å². The molecule has 1 rings (SSSR count). The Kier molecular flexibility index (Phi) is 8.45. The number of hydrogen-bond acceptors (Lipinski definition) is 4. The molecule has 0 spiro atoms. The lowest BCUT2D eigenvalue weighted by Gasteiger charge is -2.17. The van der Waals surface area contributed by atoms with Gasteiger partial charge >= 0.3 is 0 Å². The molecule has 1 N–H and O–H groups in total. The van der Waals surface area contributed by atoms with Gasteiger partial charge < -0.3 is 14.8 Å². The minimum atomic E-state index is -0.337. The molecule has 0 aliphatic heterocycles. The number of amides is 1. The number of hydrogen-bond donors (Lipinski definition) is 1. The average Bonchev–Trinajstić information content (AvgIpc) is 2.90. The molecular formula is C14H23NO3S. The van der Waals surface area contributed by atoms with Crippen LogP contribution in [0, 0.1) is 0 Å². The zero-order chi connectivity index (χ0) is 13.9. The van der Waals surface area contributed by atoms with Gasteiger partial charge in [0.15, 0.2) is 6.29 Å². The van der Waals surface area contributed by atoms with Gasteiger partial charge in [0.05, 0.1) is 6.54 Å². The Morgan fingerprint density at radius 3 is 2.68 bits per heavy atom. The van der Waals surface area contributed by atoms with E-state index in [4.69, 9.17) is 9.47 Å². The van der Waals surface area contributed by atoms with Crippen molar-refractivity contribution in [1.29, 1.82) is 0 Å². The molecule has 108 valence electrons. The van der Waals surface area contributed by atoms with Crippen LogP contribution < -0.4 is 5.32 Å². The fourth-order valence-corrected chi connectivity index (χ4v) is 2.45. The van der Waals surface area contributed by atoms with Crippen molar-refractivity contribution in [3.63, 3.8) is 0 Å². The van der Waals surface area contributed by atoms with Crippen molar-refractivity contribution in [2.45, 2.75) is 39.4 Å². The highest BCUT2D eigenvalue weighted by atomic mass is 32.1. The summed E-state index contributed by atoms with van der Waals surface area (Å²) in [6, 6.07) is 4.14. The predicted molar refractivity (Wildman–Crippen MR) is 77.3 cm³/mol. The zero-order valence-electron chi connectivity index (χ0n) is 11.7. The molecule has 0 bridgehead atoms. The van der Waals surface area contributed by atoms with Gasteiger partial charge in [-0.15, -0.1) is 11.3 Å². The first kappa shape index (κ1) is 16.1. The van der Waals surface area contributed by atoms with E-state index in [1.807, 2.05) is 19.9 Å². The summed E-state index contributed by atoms with van der Waals surface area (Å²) < 4.78 is 10.7. The van der Waals surface area contributed by atoms with Gasteiger partial charge in [-0.3, -0.25) is 4.79 Å². The highest BCUT2D eigenvalue weighted by molar-refractivity contribution is 7.09. The van der Waals surface area contributed by atoms with Crippen LogP contribution in [0.25, 0.3) is 0 Å². The SMILES string of the molecule is CCOC(CNC(=O)CCCc1cccs1)OCC. The first-order valence-electron chi connectivity index (χ1n) is 6.78. The van der Waals surface area contributed by atoms with Gasteiger partial charge in [-0.25, -0.2) is 0 Å². The summed E-state index contributed by atoms with van der Waals surface area (Å²) in [5.74, 6) is 0.0564. The Morgan fingerprint density at radius 2 is 2.11 bits per heavy atom. The monoisotopic (exact) mass is 285 g/mol. The maximum atomic E-state index is 11.7. The van der Waals surface area contributed by atoms with E-state index in [9.17, 15) is 4.79 Å². The molecule has 0 fully saturated rings. The summed E-state index contributed by atoms with van der Waals surface area (Å²) in [5, 5.41) is 4.91. The maximum absolute atomic E-state index is 11.7. The van der Waals surface area contributed by atoms with Crippen LogP contribution in [-0.2, 0) is 20.7 Å². The van der Waals surface area contributed by atoms with Gasteiger partial charge in [0, 0.05) is 24.5 Å². The van der Waals surface area contributed by atoms with Crippen LogP contribution in [0.3, 0.4) is 0 Å². The van der Waals surface area contributed by atoms with Crippen LogP contribution in [0.2, 0.25) is 0 Å². The van der Waals surface area contributed by atoms with Crippen molar-refractivity contribution < 1.29 is 14.3 Å². The second kappa shape index (κ2) is 9.95. The van der Waals surface area contributed by atoms with Crippen LogP contribution in [0.1, 0.15) is 31.6 Å². The molecule has 0 saturated heterocycles. The smallest absolute Gasteiger partial charge is 0.220 e. The Morgan fingerprint density at radius 1 is 1.37 bits per heavy atom. The molecule has 1 aromatic rings. The molecule has 19 heavy (non-hydrogen) atoms. The molecule has 0 radical (unpaired) electrons. The summed E-state index contributed by atoms with van der Waals surface area (Å²) in [7, 11) is 0. The van der Waals surface area contributed by atoms with Crippen molar-refractivity contribution in [3.8, 4) is 0 Å². The molecule has 0 aliphatic carbocycles. The van der Waals surface area contributed by atoms with Crippen LogP contribution in [0.4, 0.5) is 0 Å². The number of rotatable bonds is 10. The summed E-state index contributed by atoms with van der Waals surface area (Å²) >= 11 is 1.73. The second-order valence-electron chi connectivity index (χ2n) is 4.08. The molecule has 1 heterocycles. The average molecular weight is 285 g/mol. The van der Waals surface area contributed by atoms with Gasteiger partial charge in [-0.2, -0.15) is 0 Å². The molecule has 5 heteroatoms. The zero-order valence-corrected chi connectivity index (χ0v) is 12.5. The van der Waals surface area contributed by atoms with Gasteiger partial charge in [0.1, 0.15) is 0 Å². The highest BCUT2D eigenvalue weighted by Crippen LogP contribution is 2.11. The minimum Gasteiger partial charge on any atom is -0.351 e. The molecule has 1 amide bonds. The first-order chi connectivity index (χ1) is 9.26. The van der Waals surface area contributed by atoms with E-state index in [0.717, 1.165) is 12.8 Å². The van der Waals surface area contributed by atoms with E-state index < -0.39 is 0 Å². The number of carbonyl (C=O) groups excluding carboxylic acids is 1. The summed E-state index contributed by atoms with van der Waals surface area (Å²) in [6.45, 7) is 5.40. The normalized spacial score (nSPS) is 10.9. The first-order valence-corrected chi connectivity index (χ1v) is 7.66. The van der Waals surface area contributed by atoms with E-state index in [-0.39, 0.29) is 12.2 Å². The van der Waals surface area contributed by atoms with Crippen molar-refractivity contribution in [1.82, 2.24) is 5.32 Å². The highest BCUT2D eigenvalue weighted by Gasteiger charge is 2.09. The van der Waals surface area contributed by atoms with Crippen LogP contribution >= 0.6 is 11.3 Å². The number of thiophene rings is 1. The maximum Gasteiger partial charge on any atom is 0.220 e. The topological polar surface area (TPSA) is 47.6 Å². The molecule has 0 aliphatic rings. The molecular weight excluding hydrogens is 262 g/mol. The van der Waals surface area contributed by atoms with Crippen molar-refractivity contribution in [2.75, 3.05) is 19.8 Å². The van der Waals surface area contributed by atoms with Crippen LogP contribution in [0.5, 0.6) is 0 Å². The Labute approximate surface area is 119 Å². The Bertz CT molecular complexity index is 334. The molecule has 0 unspecified atom stereocenters. The lowest BCUT2D eigenvalue weighted by molar-refractivity contribution is -0.140. The van der Waals surface area contributed by atoms with E-state index in [2.05, 4.69) is 16.8 Å². The van der Waals surface area contributed by atoms with E-state index >= 15 is 0 Å². The van der Waals surface area contributed by atoms with E-state index in [0.29, 0.717) is 26.2 Å². The largest absolute Gasteiger partial charge is 0.351 e. The van der Waals surface area contributed by atoms with Gasteiger partial charge in [-0.1, -0.05) is 6.07 Å².